The molecule has 0 aromatic carbocycles. The molecule has 0 atom stereocenters. The summed E-state index contributed by atoms with van der Waals surface area (Å²) in [6, 6.07) is 5.52. The maximum absolute atomic E-state index is 10.3. The van der Waals surface area contributed by atoms with Crippen LogP contribution in [0, 0.1) is 0 Å². The Labute approximate surface area is 75.8 Å². The lowest BCUT2D eigenvalue weighted by Gasteiger charge is -2.01. The Morgan fingerprint density at radius 2 is 1.85 bits per heavy atom. The highest BCUT2D eigenvalue weighted by molar-refractivity contribution is 7.46. The molecule has 5 nitrogen and oxygen atoms in total. The molecule has 0 aliphatic carbocycles. The first-order valence-corrected chi connectivity index (χ1v) is 5.25. The zero-order chi connectivity index (χ0) is 9.73. The van der Waals surface area contributed by atoms with Crippen molar-refractivity contribution in [2.24, 2.45) is 0 Å². The summed E-state index contributed by atoms with van der Waals surface area (Å²) in [5.41, 5.74) is 0. The molecular formula is C7H11NO4P+. The van der Waals surface area contributed by atoms with E-state index in [4.69, 9.17) is 9.79 Å². The number of pyridine rings is 1. The molecule has 0 amide bonds. The highest BCUT2D eigenvalue weighted by atomic mass is 31.2. The van der Waals surface area contributed by atoms with E-state index in [1.807, 2.05) is 18.2 Å². The molecular weight excluding hydrogens is 193 g/mol. The molecule has 0 fully saturated rings. The Morgan fingerprint density at radius 3 is 2.38 bits per heavy atom. The van der Waals surface area contributed by atoms with Gasteiger partial charge in [0, 0.05) is 12.1 Å². The minimum Gasteiger partial charge on any atom is -0.303 e. The van der Waals surface area contributed by atoms with Crippen molar-refractivity contribution >= 4 is 7.82 Å². The molecule has 0 bridgehead atoms. The normalized spacial score (nSPS) is 11.5. The van der Waals surface area contributed by atoms with Gasteiger partial charge >= 0.3 is 7.82 Å². The number of phosphoric acid groups is 1. The van der Waals surface area contributed by atoms with Crippen molar-refractivity contribution in [2.75, 3.05) is 6.61 Å². The van der Waals surface area contributed by atoms with Gasteiger partial charge in [-0.3, -0.25) is 4.52 Å². The zero-order valence-corrected chi connectivity index (χ0v) is 7.80. The summed E-state index contributed by atoms with van der Waals surface area (Å²) in [5, 5.41) is 0. The lowest BCUT2D eigenvalue weighted by molar-refractivity contribution is -0.697. The molecule has 0 unspecified atom stereocenters. The van der Waals surface area contributed by atoms with Gasteiger partial charge in [-0.2, -0.15) is 0 Å². The summed E-state index contributed by atoms with van der Waals surface area (Å²) in [7, 11) is -4.32. The van der Waals surface area contributed by atoms with Crippen molar-refractivity contribution in [3.05, 3.63) is 30.6 Å². The molecule has 0 radical (unpaired) electrons. The van der Waals surface area contributed by atoms with E-state index < -0.39 is 7.82 Å². The maximum Gasteiger partial charge on any atom is 0.469 e. The third-order valence-electron chi connectivity index (χ3n) is 1.39. The van der Waals surface area contributed by atoms with Crippen molar-refractivity contribution in [2.45, 2.75) is 6.54 Å². The Bertz CT molecular complexity index is 297. The predicted molar refractivity (Wildman–Crippen MR) is 44.6 cm³/mol. The summed E-state index contributed by atoms with van der Waals surface area (Å²) in [4.78, 5) is 16.8. The van der Waals surface area contributed by atoms with Crippen LogP contribution in [0.3, 0.4) is 0 Å². The average Bonchev–Trinajstić information content (AvgIpc) is 2.04. The van der Waals surface area contributed by atoms with Gasteiger partial charge in [0.2, 0.25) is 0 Å². The van der Waals surface area contributed by atoms with Gasteiger partial charge in [-0.1, -0.05) is 6.07 Å². The molecule has 1 aromatic heterocycles. The highest BCUT2D eigenvalue weighted by Gasteiger charge is 2.14. The number of aromatic nitrogens is 1. The lowest BCUT2D eigenvalue weighted by atomic mass is 10.5. The lowest BCUT2D eigenvalue weighted by Crippen LogP contribution is -2.34. The van der Waals surface area contributed by atoms with E-state index in [1.165, 1.54) is 0 Å². The van der Waals surface area contributed by atoms with Gasteiger partial charge in [0.25, 0.3) is 0 Å². The molecule has 13 heavy (non-hydrogen) atoms. The van der Waals surface area contributed by atoms with E-state index in [9.17, 15) is 4.57 Å². The first kappa shape index (κ1) is 10.3. The van der Waals surface area contributed by atoms with E-state index >= 15 is 0 Å². The molecule has 1 heterocycles. The van der Waals surface area contributed by atoms with Gasteiger partial charge in [-0.15, -0.1) is 0 Å². The van der Waals surface area contributed by atoms with Crippen LogP contribution in [0.4, 0.5) is 0 Å². The van der Waals surface area contributed by atoms with Gasteiger partial charge in [-0.05, 0) is 0 Å². The van der Waals surface area contributed by atoms with Crippen LogP contribution in [-0.4, -0.2) is 16.4 Å². The van der Waals surface area contributed by atoms with Crippen molar-refractivity contribution in [1.82, 2.24) is 0 Å². The van der Waals surface area contributed by atoms with Gasteiger partial charge < -0.3 is 9.79 Å². The van der Waals surface area contributed by atoms with Crippen LogP contribution < -0.4 is 4.57 Å². The van der Waals surface area contributed by atoms with E-state index in [0.29, 0.717) is 6.54 Å². The Morgan fingerprint density at radius 1 is 1.23 bits per heavy atom. The Balaban J connectivity index is 2.33. The molecule has 1 rings (SSSR count). The third-order valence-corrected chi connectivity index (χ3v) is 1.91. The topological polar surface area (TPSA) is 70.6 Å². The van der Waals surface area contributed by atoms with Crippen molar-refractivity contribution in [1.29, 1.82) is 0 Å². The predicted octanol–water partition coefficient (Wildman–Crippen LogP) is 0.0834. The Hall–Kier alpha value is -0.740. The quantitative estimate of drug-likeness (QED) is 0.538. The molecule has 0 aliphatic heterocycles. The van der Waals surface area contributed by atoms with Crippen molar-refractivity contribution in [3.63, 3.8) is 0 Å². The van der Waals surface area contributed by atoms with E-state index in [2.05, 4.69) is 4.52 Å². The fourth-order valence-electron chi connectivity index (χ4n) is 0.849. The van der Waals surface area contributed by atoms with Gasteiger partial charge in [0.05, 0.1) is 0 Å². The summed E-state index contributed by atoms with van der Waals surface area (Å²) in [5.74, 6) is 0. The van der Waals surface area contributed by atoms with E-state index in [1.54, 1.807) is 17.0 Å². The fraction of sp³-hybridized carbons (Fsp3) is 0.286. The second kappa shape index (κ2) is 4.48. The van der Waals surface area contributed by atoms with Crippen LogP contribution in [0.15, 0.2) is 30.6 Å². The molecule has 0 aliphatic rings. The smallest absolute Gasteiger partial charge is 0.303 e. The van der Waals surface area contributed by atoms with Crippen LogP contribution in [0.2, 0.25) is 0 Å². The minimum absolute atomic E-state index is 0.00103. The summed E-state index contributed by atoms with van der Waals surface area (Å²) >= 11 is 0. The summed E-state index contributed by atoms with van der Waals surface area (Å²) in [6.07, 6.45) is 3.59. The number of phosphoric ester groups is 1. The first-order chi connectivity index (χ1) is 6.08. The number of hydrogen-bond donors (Lipinski definition) is 2. The highest BCUT2D eigenvalue weighted by Crippen LogP contribution is 2.35. The fourth-order valence-corrected chi connectivity index (χ4v) is 1.17. The summed E-state index contributed by atoms with van der Waals surface area (Å²) in [6.45, 7) is 0.422. The van der Waals surface area contributed by atoms with Crippen LogP contribution in [0.25, 0.3) is 0 Å². The SMILES string of the molecule is O=P(O)(O)OCC[n+]1ccccc1. The second-order valence-corrected chi connectivity index (χ2v) is 3.68. The largest absolute Gasteiger partial charge is 0.469 e. The number of rotatable bonds is 4. The minimum atomic E-state index is -4.32. The van der Waals surface area contributed by atoms with Crippen LogP contribution in [0.1, 0.15) is 0 Å². The standard InChI is InChI=1S/C7H10NO4P/c9-13(10,11)12-7-6-8-4-2-1-3-5-8/h1-5H,6-7H2,(H-,9,10,11)/p+1. The third kappa shape index (κ3) is 4.75. The molecule has 0 spiro atoms. The van der Waals surface area contributed by atoms with Gasteiger partial charge in [0.15, 0.2) is 18.9 Å². The number of nitrogens with zero attached hydrogens (tertiary/aromatic N) is 1. The molecule has 0 saturated carbocycles. The second-order valence-electron chi connectivity index (χ2n) is 2.44. The van der Waals surface area contributed by atoms with Crippen molar-refractivity contribution < 1.29 is 23.4 Å². The Kier molecular flexibility index (Phi) is 3.57. The molecule has 2 N–H and O–H groups in total. The van der Waals surface area contributed by atoms with Crippen LogP contribution in [0.5, 0.6) is 0 Å². The molecule has 72 valence electrons. The van der Waals surface area contributed by atoms with E-state index in [-0.39, 0.29) is 6.61 Å². The number of hydrogen-bond acceptors (Lipinski definition) is 2. The van der Waals surface area contributed by atoms with Crippen LogP contribution >= 0.6 is 7.82 Å². The van der Waals surface area contributed by atoms with Gasteiger partial charge in [-0.25, -0.2) is 9.13 Å². The molecule has 1 aromatic rings. The van der Waals surface area contributed by atoms with Gasteiger partial charge in [0.1, 0.15) is 6.61 Å². The average molecular weight is 204 g/mol. The van der Waals surface area contributed by atoms with Crippen LogP contribution in [-0.2, 0) is 15.6 Å². The summed E-state index contributed by atoms with van der Waals surface area (Å²) < 4.78 is 16.3. The molecule has 0 saturated heterocycles. The molecule has 6 heteroatoms. The first-order valence-electron chi connectivity index (χ1n) is 3.72. The maximum atomic E-state index is 10.3. The van der Waals surface area contributed by atoms with E-state index in [0.717, 1.165) is 0 Å². The van der Waals surface area contributed by atoms with Crippen molar-refractivity contribution in [3.8, 4) is 0 Å². The monoisotopic (exact) mass is 204 g/mol. The zero-order valence-electron chi connectivity index (χ0n) is 6.91.